The van der Waals surface area contributed by atoms with Gasteiger partial charge in [0.25, 0.3) is 0 Å². The van der Waals surface area contributed by atoms with E-state index in [0.29, 0.717) is 6.54 Å². The van der Waals surface area contributed by atoms with Gasteiger partial charge in [-0.05, 0) is 13.0 Å². The fourth-order valence-corrected chi connectivity index (χ4v) is 1.08. The molecule has 0 aromatic rings. The van der Waals surface area contributed by atoms with Crippen molar-refractivity contribution in [2.45, 2.75) is 6.92 Å². The van der Waals surface area contributed by atoms with Crippen LogP contribution in [0.1, 0.15) is 6.92 Å². The Bertz CT molecular complexity index is 132. The second-order valence-corrected chi connectivity index (χ2v) is 2.69. The van der Waals surface area contributed by atoms with E-state index in [1.54, 1.807) is 0 Å². The molecule has 0 aliphatic rings. The first-order valence-electron chi connectivity index (χ1n) is 3.79. The second-order valence-electron chi connectivity index (χ2n) is 2.69. The van der Waals surface area contributed by atoms with E-state index >= 15 is 0 Å². The monoisotopic (exact) mass is 158 g/mol. The molecule has 0 fully saturated rings. The van der Waals surface area contributed by atoms with Gasteiger partial charge in [-0.1, -0.05) is 0 Å². The van der Waals surface area contributed by atoms with Crippen molar-refractivity contribution in [2.75, 3.05) is 34.3 Å². The Morgan fingerprint density at radius 3 is 2.18 bits per heavy atom. The second kappa shape index (κ2) is 5.02. The number of aliphatic hydroxyl groups is 1. The zero-order chi connectivity index (χ0) is 8.85. The smallest absolute Gasteiger partial charge is 0.0988 e. The number of allylic oxidation sites excluding steroid dienone is 1. The fourth-order valence-electron chi connectivity index (χ4n) is 1.08. The summed E-state index contributed by atoms with van der Waals surface area (Å²) in [5, 5.41) is 8.68. The van der Waals surface area contributed by atoms with Crippen molar-refractivity contribution < 1.29 is 5.11 Å². The van der Waals surface area contributed by atoms with Crippen molar-refractivity contribution in [3.8, 4) is 0 Å². The van der Waals surface area contributed by atoms with E-state index in [2.05, 4.69) is 0 Å². The molecule has 0 aliphatic heterocycles. The molecule has 66 valence electrons. The molecule has 0 atom stereocenters. The van der Waals surface area contributed by atoms with Gasteiger partial charge in [-0.25, -0.2) is 0 Å². The molecule has 0 spiro atoms. The Balaban J connectivity index is 4.04. The third-order valence-electron chi connectivity index (χ3n) is 1.54. The van der Waals surface area contributed by atoms with E-state index in [1.807, 2.05) is 43.9 Å². The predicted octanol–water partition coefficient (Wildman–Crippen LogP) is 0.333. The van der Waals surface area contributed by atoms with Crippen LogP contribution in [0.25, 0.3) is 0 Å². The van der Waals surface area contributed by atoms with E-state index < -0.39 is 0 Å². The third kappa shape index (κ3) is 3.28. The Morgan fingerprint density at radius 2 is 1.91 bits per heavy atom. The molecule has 3 heteroatoms. The summed E-state index contributed by atoms with van der Waals surface area (Å²) in [5.74, 6) is 1.12. The molecule has 0 aromatic heterocycles. The van der Waals surface area contributed by atoms with Crippen LogP contribution in [0.2, 0.25) is 0 Å². The lowest BCUT2D eigenvalue weighted by atomic mass is 10.5. The summed E-state index contributed by atoms with van der Waals surface area (Å²) in [6, 6.07) is 0. The first-order chi connectivity index (χ1) is 5.13. The maximum absolute atomic E-state index is 8.68. The third-order valence-corrected chi connectivity index (χ3v) is 1.54. The Hall–Kier alpha value is -0.700. The van der Waals surface area contributed by atoms with Crippen LogP contribution in [0.4, 0.5) is 0 Å². The highest BCUT2D eigenvalue weighted by Crippen LogP contribution is 2.02. The highest BCUT2D eigenvalue weighted by molar-refractivity contribution is 4.95. The number of rotatable bonds is 4. The molecule has 0 aliphatic carbocycles. The van der Waals surface area contributed by atoms with Crippen LogP contribution in [0.3, 0.4) is 0 Å². The minimum Gasteiger partial charge on any atom is -0.395 e. The molecule has 3 nitrogen and oxygen atoms in total. The van der Waals surface area contributed by atoms with Crippen LogP contribution < -0.4 is 0 Å². The van der Waals surface area contributed by atoms with Gasteiger partial charge in [-0.2, -0.15) is 0 Å². The van der Waals surface area contributed by atoms with Gasteiger partial charge < -0.3 is 14.9 Å². The summed E-state index contributed by atoms with van der Waals surface area (Å²) >= 11 is 0. The molecule has 0 aromatic carbocycles. The van der Waals surface area contributed by atoms with Crippen molar-refractivity contribution in [1.82, 2.24) is 9.80 Å². The summed E-state index contributed by atoms with van der Waals surface area (Å²) in [6.45, 7) is 2.86. The quantitative estimate of drug-likeness (QED) is 0.639. The zero-order valence-corrected chi connectivity index (χ0v) is 7.83. The standard InChI is InChI=1S/C8H18N2O/c1-5-8(9(2)3)10(4)6-7-11/h5,11H,6-7H2,1-4H3. The molecule has 11 heavy (non-hydrogen) atoms. The van der Waals surface area contributed by atoms with Crippen molar-refractivity contribution in [3.63, 3.8) is 0 Å². The first kappa shape index (κ1) is 10.3. The lowest BCUT2D eigenvalue weighted by Crippen LogP contribution is -2.29. The summed E-state index contributed by atoms with van der Waals surface area (Å²) in [7, 11) is 5.94. The molecule has 0 unspecified atom stereocenters. The van der Waals surface area contributed by atoms with Gasteiger partial charge in [-0.15, -0.1) is 0 Å². The molecule has 0 amide bonds. The summed E-state index contributed by atoms with van der Waals surface area (Å²) in [6.07, 6.45) is 2.02. The minimum absolute atomic E-state index is 0.196. The molecule has 0 heterocycles. The first-order valence-corrected chi connectivity index (χ1v) is 3.79. The zero-order valence-electron chi connectivity index (χ0n) is 7.83. The van der Waals surface area contributed by atoms with Crippen LogP contribution in [-0.2, 0) is 0 Å². The number of hydrogen-bond donors (Lipinski definition) is 1. The van der Waals surface area contributed by atoms with Crippen LogP contribution >= 0.6 is 0 Å². The largest absolute Gasteiger partial charge is 0.395 e. The Labute approximate surface area is 68.9 Å². The fraction of sp³-hybridized carbons (Fsp3) is 0.750. The molecule has 0 saturated carbocycles. The highest BCUT2D eigenvalue weighted by atomic mass is 16.3. The number of hydrogen-bond acceptors (Lipinski definition) is 3. The van der Waals surface area contributed by atoms with E-state index in [0.717, 1.165) is 5.82 Å². The van der Waals surface area contributed by atoms with E-state index in [1.165, 1.54) is 0 Å². The maximum atomic E-state index is 8.68. The number of aliphatic hydroxyl groups excluding tert-OH is 1. The van der Waals surface area contributed by atoms with Gasteiger partial charge in [0.05, 0.1) is 12.4 Å². The average Bonchev–Trinajstić information content (AvgIpc) is 1.88. The van der Waals surface area contributed by atoms with Gasteiger partial charge in [0.1, 0.15) is 0 Å². The van der Waals surface area contributed by atoms with E-state index in [-0.39, 0.29) is 6.61 Å². The van der Waals surface area contributed by atoms with Crippen molar-refractivity contribution in [1.29, 1.82) is 0 Å². The summed E-state index contributed by atoms with van der Waals surface area (Å²) in [5.41, 5.74) is 0. The average molecular weight is 158 g/mol. The van der Waals surface area contributed by atoms with Gasteiger partial charge in [0, 0.05) is 27.7 Å². The molecular formula is C8H18N2O. The molecule has 1 N–H and O–H groups in total. The lowest BCUT2D eigenvalue weighted by Gasteiger charge is -2.27. The van der Waals surface area contributed by atoms with Crippen LogP contribution in [0.5, 0.6) is 0 Å². The molecule has 0 bridgehead atoms. The molecule has 0 radical (unpaired) electrons. The minimum atomic E-state index is 0.196. The van der Waals surface area contributed by atoms with Gasteiger partial charge in [0.2, 0.25) is 0 Å². The van der Waals surface area contributed by atoms with Crippen LogP contribution in [0, 0.1) is 0 Å². The summed E-state index contributed by atoms with van der Waals surface area (Å²) < 4.78 is 0. The van der Waals surface area contributed by atoms with Crippen molar-refractivity contribution in [3.05, 3.63) is 11.9 Å². The van der Waals surface area contributed by atoms with Gasteiger partial charge in [0.15, 0.2) is 0 Å². The molecule has 0 rings (SSSR count). The highest BCUT2D eigenvalue weighted by Gasteiger charge is 2.03. The SMILES string of the molecule is CC=C(N(C)C)N(C)CCO. The van der Waals surface area contributed by atoms with Gasteiger partial charge >= 0.3 is 0 Å². The lowest BCUT2D eigenvalue weighted by molar-refractivity contribution is 0.217. The van der Waals surface area contributed by atoms with Crippen LogP contribution in [-0.4, -0.2) is 49.2 Å². The molecular weight excluding hydrogens is 140 g/mol. The Kier molecular flexibility index (Phi) is 4.70. The van der Waals surface area contributed by atoms with Crippen molar-refractivity contribution >= 4 is 0 Å². The normalized spacial score (nSPS) is 11.5. The van der Waals surface area contributed by atoms with Crippen LogP contribution in [0.15, 0.2) is 11.9 Å². The maximum Gasteiger partial charge on any atom is 0.0988 e. The van der Waals surface area contributed by atoms with Crippen molar-refractivity contribution in [2.24, 2.45) is 0 Å². The van der Waals surface area contributed by atoms with E-state index in [4.69, 9.17) is 5.11 Å². The van der Waals surface area contributed by atoms with E-state index in [9.17, 15) is 0 Å². The number of likely N-dealkylation sites (N-methyl/N-ethyl adjacent to an activating group) is 1. The molecule has 0 saturated heterocycles. The Morgan fingerprint density at radius 1 is 1.36 bits per heavy atom. The summed E-state index contributed by atoms with van der Waals surface area (Å²) in [4.78, 5) is 4.04. The predicted molar refractivity (Wildman–Crippen MR) is 47.2 cm³/mol. The van der Waals surface area contributed by atoms with Gasteiger partial charge in [-0.3, -0.25) is 0 Å². The number of nitrogens with zero attached hydrogens (tertiary/aromatic N) is 2. The topological polar surface area (TPSA) is 26.7 Å².